The van der Waals surface area contributed by atoms with Gasteiger partial charge in [-0.3, -0.25) is 4.98 Å². The van der Waals surface area contributed by atoms with Crippen molar-refractivity contribution in [1.29, 1.82) is 0 Å². The lowest BCUT2D eigenvalue weighted by molar-refractivity contribution is 0.0687. The zero-order chi connectivity index (χ0) is 24.6. The van der Waals surface area contributed by atoms with E-state index in [1.807, 2.05) is 47.3 Å². The van der Waals surface area contributed by atoms with Gasteiger partial charge in [-0.15, -0.1) is 0 Å². The van der Waals surface area contributed by atoms with E-state index in [1.165, 1.54) is 0 Å². The van der Waals surface area contributed by atoms with Crippen LogP contribution < -0.4 is 5.32 Å². The lowest BCUT2D eigenvalue weighted by Gasteiger charge is -2.16. The van der Waals surface area contributed by atoms with Gasteiger partial charge in [0.15, 0.2) is 5.82 Å². The molecule has 35 heavy (non-hydrogen) atoms. The maximum absolute atomic E-state index is 10.1. The van der Waals surface area contributed by atoms with E-state index in [9.17, 15) is 5.11 Å². The quantitative estimate of drug-likeness (QED) is 0.265. The third kappa shape index (κ3) is 4.91. The zero-order valence-corrected chi connectivity index (χ0v) is 21.4. The number of benzene rings is 2. The largest absolute Gasteiger partial charge is 0.382 e. The third-order valence-corrected chi connectivity index (χ3v) is 6.39. The average Bonchev–Trinajstić information content (AvgIpc) is 3.38. The number of pyridine rings is 1. The molecule has 0 amide bonds. The first-order chi connectivity index (χ1) is 16.8. The van der Waals surface area contributed by atoms with E-state index in [-0.39, 0.29) is 0 Å². The maximum Gasteiger partial charge on any atom is 0.159 e. The maximum atomic E-state index is 10.1. The number of aliphatic hydroxyl groups is 1. The van der Waals surface area contributed by atoms with E-state index in [0.29, 0.717) is 17.4 Å². The highest BCUT2D eigenvalue weighted by Crippen LogP contribution is 2.34. The molecule has 0 bridgehead atoms. The topological polar surface area (TPSA) is 88.8 Å². The summed E-state index contributed by atoms with van der Waals surface area (Å²) < 4.78 is 2.81. The molecule has 5 rings (SSSR count). The van der Waals surface area contributed by atoms with Crippen LogP contribution in [0.4, 0.5) is 5.69 Å². The van der Waals surface area contributed by atoms with Crippen LogP contribution in [0.15, 0.2) is 77.9 Å². The summed E-state index contributed by atoms with van der Waals surface area (Å²) in [4.78, 5) is 13.2. The van der Waals surface area contributed by atoms with Gasteiger partial charge in [0.2, 0.25) is 0 Å². The highest BCUT2D eigenvalue weighted by Gasteiger charge is 2.19. The van der Waals surface area contributed by atoms with Crippen molar-refractivity contribution in [1.82, 2.24) is 24.7 Å². The number of nitrogens with one attached hydrogen (secondary N) is 1. The van der Waals surface area contributed by atoms with E-state index < -0.39 is 5.60 Å². The molecule has 0 unspecified atom stereocenters. The van der Waals surface area contributed by atoms with Crippen molar-refractivity contribution in [2.24, 2.45) is 0 Å². The zero-order valence-electron chi connectivity index (χ0n) is 19.1. The van der Waals surface area contributed by atoms with Gasteiger partial charge in [-0.1, -0.05) is 39.7 Å². The van der Waals surface area contributed by atoms with Crippen LogP contribution in [0.1, 0.15) is 25.2 Å². The molecular formula is C26H22BrClN6O. The van der Waals surface area contributed by atoms with Crippen molar-refractivity contribution in [2.75, 3.05) is 5.32 Å². The van der Waals surface area contributed by atoms with Gasteiger partial charge < -0.3 is 10.4 Å². The Labute approximate surface area is 216 Å². The fraction of sp³-hybridized carbons (Fsp3) is 0.154. The molecule has 0 fully saturated rings. The van der Waals surface area contributed by atoms with Gasteiger partial charge in [0.05, 0.1) is 21.9 Å². The first-order valence-corrected chi connectivity index (χ1v) is 12.1. The second-order valence-electron chi connectivity index (χ2n) is 8.64. The molecule has 2 aromatic carbocycles. The summed E-state index contributed by atoms with van der Waals surface area (Å²) in [6, 6.07) is 13.9. The minimum absolute atomic E-state index is 0.372. The summed E-state index contributed by atoms with van der Waals surface area (Å²) in [5, 5.41) is 19.5. The van der Waals surface area contributed by atoms with Crippen LogP contribution in [0.3, 0.4) is 0 Å². The molecule has 0 radical (unpaired) electrons. The highest BCUT2D eigenvalue weighted by atomic mass is 79.9. The third-order valence-electron chi connectivity index (χ3n) is 5.61. The Bertz CT molecular complexity index is 1500. The summed E-state index contributed by atoms with van der Waals surface area (Å²) in [6.45, 7) is 3.86. The second kappa shape index (κ2) is 9.37. The van der Waals surface area contributed by atoms with Gasteiger partial charge in [-0.25, -0.2) is 14.6 Å². The van der Waals surface area contributed by atoms with Crippen LogP contribution in [0.25, 0.3) is 27.7 Å². The van der Waals surface area contributed by atoms with Gasteiger partial charge in [0, 0.05) is 53.0 Å². The Morgan fingerprint density at radius 1 is 1.03 bits per heavy atom. The summed E-state index contributed by atoms with van der Waals surface area (Å²) in [5.41, 5.74) is 4.30. The lowest BCUT2D eigenvalue weighted by atomic mass is 10.0. The van der Waals surface area contributed by atoms with E-state index >= 15 is 0 Å². The van der Waals surface area contributed by atoms with Crippen LogP contribution in [0.2, 0.25) is 5.02 Å². The monoisotopic (exact) mass is 548 g/mol. The molecule has 9 heteroatoms. The van der Waals surface area contributed by atoms with Gasteiger partial charge in [-0.2, -0.15) is 5.10 Å². The number of nitrogens with zero attached hydrogens (tertiary/aromatic N) is 5. The Morgan fingerprint density at radius 2 is 1.83 bits per heavy atom. The molecule has 0 spiro atoms. The Kier molecular flexibility index (Phi) is 6.27. The van der Waals surface area contributed by atoms with Crippen molar-refractivity contribution < 1.29 is 5.11 Å². The molecule has 0 aliphatic heterocycles. The molecule has 0 aliphatic rings. The normalized spacial score (nSPS) is 11.7. The molecule has 3 aromatic heterocycles. The molecular weight excluding hydrogens is 528 g/mol. The lowest BCUT2D eigenvalue weighted by Crippen LogP contribution is -2.19. The number of anilines is 1. The standard InChI is InChI=1S/C26H22BrClN6O/c1-26(2,35)25-31-13-18(14-32-25)16-5-7-22-20(10-16)24(21(28)15-29-22)30-12-17-4-6-19(27)11-23(17)34-9-3-8-33-34/h3-11,13-15,35H,12H2,1-2H3,(H,29,30). The number of fused-ring (bicyclic) bond motifs is 1. The van der Waals surface area contributed by atoms with E-state index in [0.717, 1.165) is 43.4 Å². The Morgan fingerprint density at radius 3 is 2.54 bits per heavy atom. The molecule has 7 nitrogen and oxygen atoms in total. The molecule has 176 valence electrons. The van der Waals surface area contributed by atoms with Gasteiger partial charge in [0.25, 0.3) is 0 Å². The predicted molar refractivity (Wildman–Crippen MR) is 142 cm³/mol. The predicted octanol–water partition coefficient (Wildman–Crippen LogP) is 6.13. The summed E-state index contributed by atoms with van der Waals surface area (Å²) in [6.07, 6.45) is 8.75. The van der Waals surface area contributed by atoms with Crippen molar-refractivity contribution in [3.63, 3.8) is 0 Å². The first-order valence-electron chi connectivity index (χ1n) is 11.0. The molecule has 5 aromatic rings. The van der Waals surface area contributed by atoms with Crippen LogP contribution in [0, 0.1) is 0 Å². The number of hydrogen-bond donors (Lipinski definition) is 2. The van der Waals surface area contributed by atoms with Crippen molar-refractivity contribution in [3.8, 4) is 16.8 Å². The van der Waals surface area contributed by atoms with Gasteiger partial charge >= 0.3 is 0 Å². The van der Waals surface area contributed by atoms with E-state index in [4.69, 9.17) is 11.6 Å². The molecule has 2 N–H and O–H groups in total. The Balaban J connectivity index is 1.50. The summed E-state index contributed by atoms with van der Waals surface area (Å²) >= 11 is 10.2. The molecule has 3 heterocycles. The van der Waals surface area contributed by atoms with Crippen molar-refractivity contribution >= 4 is 44.1 Å². The summed E-state index contributed by atoms with van der Waals surface area (Å²) in [5.74, 6) is 0.372. The number of halogens is 2. The number of aromatic nitrogens is 5. The van der Waals surface area contributed by atoms with E-state index in [2.05, 4.69) is 47.4 Å². The van der Waals surface area contributed by atoms with Crippen LogP contribution in [-0.4, -0.2) is 29.8 Å². The van der Waals surface area contributed by atoms with Crippen molar-refractivity contribution in [3.05, 3.63) is 94.3 Å². The van der Waals surface area contributed by atoms with Crippen LogP contribution >= 0.6 is 27.5 Å². The molecule has 0 saturated heterocycles. The fourth-order valence-corrected chi connectivity index (χ4v) is 4.38. The summed E-state index contributed by atoms with van der Waals surface area (Å²) in [7, 11) is 0. The minimum atomic E-state index is -1.10. The first kappa shape index (κ1) is 23.4. The highest BCUT2D eigenvalue weighted by molar-refractivity contribution is 9.10. The van der Waals surface area contributed by atoms with Gasteiger partial charge in [0.1, 0.15) is 5.60 Å². The fourth-order valence-electron chi connectivity index (χ4n) is 3.82. The number of rotatable bonds is 6. The number of hydrogen-bond acceptors (Lipinski definition) is 6. The SMILES string of the molecule is CC(C)(O)c1ncc(-c2ccc3ncc(Cl)c(NCc4ccc(Br)cc4-n4cccn4)c3c2)cn1. The van der Waals surface area contributed by atoms with Crippen LogP contribution in [0.5, 0.6) is 0 Å². The Hall–Kier alpha value is -3.33. The molecule has 0 aliphatic carbocycles. The van der Waals surface area contributed by atoms with Gasteiger partial charge in [-0.05, 0) is 55.3 Å². The van der Waals surface area contributed by atoms with E-state index in [1.54, 1.807) is 38.6 Å². The second-order valence-corrected chi connectivity index (χ2v) is 9.97. The minimum Gasteiger partial charge on any atom is -0.382 e. The smallest absolute Gasteiger partial charge is 0.159 e. The van der Waals surface area contributed by atoms with Crippen molar-refractivity contribution in [2.45, 2.75) is 26.0 Å². The van der Waals surface area contributed by atoms with Crippen LogP contribution in [-0.2, 0) is 12.1 Å². The molecule has 0 atom stereocenters. The average molecular weight is 550 g/mol. The molecule has 0 saturated carbocycles.